The van der Waals surface area contributed by atoms with Crippen LogP contribution in [0.25, 0.3) is 0 Å². The second-order valence-electron chi connectivity index (χ2n) is 5.55. The Morgan fingerprint density at radius 3 is 2.50 bits per heavy atom. The molecule has 0 unspecified atom stereocenters. The van der Waals surface area contributed by atoms with Crippen molar-refractivity contribution in [3.05, 3.63) is 17.0 Å². The zero-order chi connectivity index (χ0) is 14.8. The Morgan fingerprint density at radius 1 is 1.35 bits per heavy atom. The third kappa shape index (κ3) is 2.84. The van der Waals surface area contributed by atoms with E-state index in [1.165, 1.54) is 0 Å². The van der Waals surface area contributed by atoms with Crippen LogP contribution in [0.5, 0.6) is 0 Å². The molecule has 0 radical (unpaired) electrons. The van der Waals surface area contributed by atoms with Crippen LogP contribution in [0, 0.1) is 19.3 Å². The lowest BCUT2D eigenvalue weighted by Gasteiger charge is -2.22. The molecule has 1 aromatic heterocycles. The normalized spacial score (nSPS) is 17.1. The van der Waals surface area contributed by atoms with Gasteiger partial charge >= 0.3 is 5.97 Å². The SMILES string of the molecule is Cc1noc(C)c1CNC(=O)CC1(C(=O)O)CCCC1. The minimum Gasteiger partial charge on any atom is -0.481 e. The zero-order valence-corrected chi connectivity index (χ0v) is 11.9. The fourth-order valence-electron chi connectivity index (χ4n) is 2.83. The third-order valence-electron chi connectivity index (χ3n) is 4.16. The molecule has 110 valence electrons. The quantitative estimate of drug-likeness (QED) is 0.860. The van der Waals surface area contributed by atoms with E-state index in [9.17, 15) is 14.7 Å². The van der Waals surface area contributed by atoms with E-state index < -0.39 is 11.4 Å². The summed E-state index contributed by atoms with van der Waals surface area (Å²) >= 11 is 0. The summed E-state index contributed by atoms with van der Waals surface area (Å²) in [6.45, 7) is 3.93. The Morgan fingerprint density at radius 2 is 2.00 bits per heavy atom. The van der Waals surface area contributed by atoms with Crippen molar-refractivity contribution in [2.45, 2.75) is 52.5 Å². The number of hydrogen-bond acceptors (Lipinski definition) is 4. The number of carbonyl (C=O) groups excluding carboxylic acids is 1. The Kier molecular flexibility index (Phi) is 4.11. The van der Waals surface area contributed by atoms with E-state index >= 15 is 0 Å². The summed E-state index contributed by atoms with van der Waals surface area (Å²) in [7, 11) is 0. The molecule has 0 saturated heterocycles. The van der Waals surface area contributed by atoms with Gasteiger partial charge in [-0.3, -0.25) is 9.59 Å². The lowest BCUT2D eigenvalue weighted by atomic mass is 9.82. The fourth-order valence-corrected chi connectivity index (χ4v) is 2.83. The Labute approximate surface area is 117 Å². The standard InChI is InChI=1S/C14H20N2O4/c1-9-11(10(2)20-16-9)8-15-12(17)7-14(13(18)19)5-3-4-6-14/h3-8H2,1-2H3,(H,15,17)(H,18,19). The second-order valence-corrected chi connectivity index (χ2v) is 5.55. The number of carboxylic acid groups (broad SMARTS) is 1. The Bertz CT molecular complexity index is 496. The van der Waals surface area contributed by atoms with Crippen molar-refractivity contribution in [3.63, 3.8) is 0 Å². The summed E-state index contributed by atoms with van der Waals surface area (Å²) in [6.07, 6.45) is 2.97. The van der Waals surface area contributed by atoms with Crippen LogP contribution >= 0.6 is 0 Å². The minimum atomic E-state index is -0.872. The second kappa shape index (κ2) is 5.64. The summed E-state index contributed by atoms with van der Waals surface area (Å²) in [6, 6.07) is 0. The third-order valence-corrected chi connectivity index (χ3v) is 4.16. The average molecular weight is 280 g/mol. The van der Waals surface area contributed by atoms with Gasteiger partial charge in [0.15, 0.2) is 0 Å². The molecule has 1 fully saturated rings. The molecule has 20 heavy (non-hydrogen) atoms. The van der Waals surface area contributed by atoms with Crippen LogP contribution in [0.4, 0.5) is 0 Å². The molecule has 1 aliphatic carbocycles. The van der Waals surface area contributed by atoms with Gasteiger partial charge in [-0.05, 0) is 26.7 Å². The molecule has 0 bridgehead atoms. The fraction of sp³-hybridized carbons (Fsp3) is 0.643. The lowest BCUT2D eigenvalue weighted by Crippen LogP contribution is -2.35. The molecule has 0 aromatic carbocycles. The molecule has 1 saturated carbocycles. The number of hydrogen-bond donors (Lipinski definition) is 2. The molecular formula is C14H20N2O4. The Balaban J connectivity index is 1.94. The molecule has 1 aliphatic rings. The monoisotopic (exact) mass is 280 g/mol. The number of aromatic nitrogens is 1. The van der Waals surface area contributed by atoms with E-state index in [4.69, 9.17) is 4.52 Å². The molecule has 1 heterocycles. The van der Waals surface area contributed by atoms with Crippen LogP contribution in [0.1, 0.15) is 49.1 Å². The summed E-state index contributed by atoms with van der Waals surface area (Å²) in [4.78, 5) is 23.4. The number of aliphatic carboxylic acids is 1. The zero-order valence-electron chi connectivity index (χ0n) is 11.9. The highest BCUT2D eigenvalue weighted by atomic mass is 16.5. The van der Waals surface area contributed by atoms with Crippen LogP contribution < -0.4 is 5.32 Å². The first-order chi connectivity index (χ1) is 9.44. The number of aryl methyl sites for hydroxylation is 2. The first kappa shape index (κ1) is 14.6. The van der Waals surface area contributed by atoms with Crippen molar-refractivity contribution in [2.75, 3.05) is 0 Å². The van der Waals surface area contributed by atoms with E-state index in [1.807, 2.05) is 6.92 Å². The topological polar surface area (TPSA) is 92.4 Å². The van der Waals surface area contributed by atoms with Crippen molar-refractivity contribution < 1.29 is 19.2 Å². The summed E-state index contributed by atoms with van der Waals surface area (Å²) in [5.74, 6) is -0.409. The van der Waals surface area contributed by atoms with Crippen molar-refractivity contribution in [3.8, 4) is 0 Å². The highest BCUT2D eigenvalue weighted by molar-refractivity contribution is 5.85. The molecule has 1 amide bonds. The Hall–Kier alpha value is -1.85. The number of carboxylic acids is 1. The van der Waals surface area contributed by atoms with Crippen molar-refractivity contribution in [2.24, 2.45) is 5.41 Å². The van der Waals surface area contributed by atoms with Gasteiger partial charge in [0.1, 0.15) is 5.76 Å². The number of rotatable bonds is 5. The summed E-state index contributed by atoms with van der Waals surface area (Å²) < 4.78 is 5.02. The molecule has 0 spiro atoms. The largest absolute Gasteiger partial charge is 0.481 e. The van der Waals surface area contributed by atoms with Gasteiger partial charge in [-0.25, -0.2) is 0 Å². The van der Waals surface area contributed by atoms with Crippen molar-refractivity contribution in [1.29, 1.82) is 0 Å². The van der Waals surface area contributed by atoms with Gasteiger partial charge in [0.05, 0.1) is 11.1 Å². The van der Waals surface area contributed by atoms with Gasteiger partial charge in [-0.15, -0.1) is 0 Å². The maximum absolute atomic E-state index is 12.0. The van der Waals surface area contributed by atoms with Gasteiger partial charge in [-0.1, -0.05) is 18.0 Å². The van der Waals surface area contributed by atoms with E-state index in [-0.39, 0.29) is 12.3 Å². The number of amides is 1. The molecular weight excluding hydrogens is 260 g/mol. The highest BCUT2D eigenvalue weighted by Crippen LogP contribution is 2.41. The molecule has 1 aromatic rings. The highest BCUT2D eigenvalue weighted by Gasteiger charge is 2.42. The number of carbonyl (C=O) groups is 2. The smallest absolute Gasteiger partial charge is 0.310 e. The number of nitrogens with one attached hydrogen (secondary N) is 1. The molecule has 6 nitrogen and oxygen atoms in total. The first-order valence-electron chi connectivity index (χ1n) is 6.86. The molecule has 0 atom stereocenters. The minimum absolute atomic E-state index is 0.0473. The average Bonchev–Trinajstić information content (AvgIpc) is 2.97. The van der Waals surface area contributed by atoms with Crippen LogP contribution in [0.3, 0.4) is 0 Å². The summed E-state index contributed by atoms with van der Waals surface area (Å²) in [5.41, 5.74) is 0.730. The molecule has 0 aliphatic heterocycles. The predicted octanol–water partition coefficient (Wildman–Crippen LogP) is 1.94. The molecule has 2 rings (SSSR count). The number of nitrogens with zero attached hydrogens (tertiary/aromatic N) is 1. The maximum Gasteiger partial charge on any atom is 0.310 e. The lowest BCUT2D eigenvalue weighted by molar-refractivity contribution is -0.151. The molecule has 6 heteroatoms. The van der Waals surface area contributed by atoms with Gasteiger partial charge in [0, 0.05) is 18.5 Å². The van der Waals surface area contributed by atoms with E-state index in [1.54, 1.807) is 6.92 Å². The maximum atomic E-state index is 12.0. The van der Waals surface area contributed by atoms with Gasteiger partial charge in [0.25, 0.3) is 0 Å². The van der Waals surface area contributed by atoms with Gasteiger partial charge in [0.2, 0.25) is 5.91 Å². The van der Waals surface area contributed by atoms with Gasteiger partial charge < -0.3 is 14.9 Å². The van der Waals surface area contributed by atoms with E-state index in [0.29, 0.717) is 25.1 Å². The van der Waals surface area contributed by atoms with Crippen LogP contribution in [0.2, 0.25) is 0 Å². The van der Waals surface area contributed by atoms with E-state index in [0.717, 1.165) is 24.1 Å². The van der Waals surface area contributed by atoms with Crippen LogP contribution in [-0.4, -0.2) is 22.1 Å². The molecule has 2 N–H and O–H groups in total. The van der Waals surface area contributed by atoms with Crippen LogP contribution in [-0.2, 0) is 16.1 Å². The van der Waals surface area contributed by atoms with Crippen LogP contribution in [0.15, 0.2) is 4.52 Å². The first-order valence-corrected chi connectivity index (χ1v) is 6.86. The predicted molar refractivity (Wildman–Crippen MR) is 71.0 cm³/mol. The van der Waals surface area contributed by atoms with E-state index in [2.05, 4.69) is 10.5 Å². The van der Waals surface area contributed by atoms with Crippen molar-refractivity contribution >= 4 is 11.9 Å². The summed E-state index contributed by atoms with van der Waals surface area (Å²) in [5, 5.41) is 15.9. The van der Waals surface area contributed by atoms with Gasteiger partial charge in [-0.2, -0.15) is 0 Å². The van der Waals surface area contributed by atoms with Crippen molar-refractivity contribution in [1.82, 2.24) is 10.5 Å².